The Morgan fingerprint density at radius 3 is 2.82 bits per heavy atom. The maximum Gasteiger partial charge on any atom is 0.262 e. The fraction of sp³-hybridized carbons (Fsp3) is 0.423. The van der Waals surface area contributed by atoms with Gasteiger partial charge in [-0.2, -0.15) is 0 Å². The second-order valence-corrected chi connectivity index (χ2v) is 9.94. The van der Waals surface area contributed by atoms with Gasteiger partial charge in [0.1, 0.15) is 0 Å². The average Bonchev–Trinajstić information content (AvgIpc) is 3.32. The van der Waals surface area contributed by atoms with Gasteiger partial charge in [0.05, 0.1) is 23.6 Å². The maximum atomic E-state index is 13.5. The summed E-state index contributed by atoms with van der Waals surface area (Å²) in [5.74, 6) is 0.928. The van der Waals surface area contributed by atoms with E-state index in [1.807, 2.05) is 12.1 Å². The fourth-order valence-corrected chi connectivity index (χ4v) is 5.00. The molecular formula is C26H31N3O3S. The number of ether oxygens (including phenoxy) is 1. The molecule has 1 aliphatic rings. The number of nitrogens with one attached hydrogen (secondary N) is 1. The number of aryl methyl sites for hydroxylation is 1. The summed E-state index contributed by atoms with van der Waals surface area (Å²) < 4.78 is 7.56. The minimum atomic E-state index is -0.148. The number of carbonyl (C=O) groups is 1. The van der Waals surface area contributed by atoms with Crippen LogP contribution in [0, 0.1) is 12.8 Å². The van der Waals surface area contributed by atoms with Crippen LogP contribution in [0.5, 0.6) is 0 Å². The maximum absolute atomic E-state index is 13.5. The van der Waals surface area contributed by atoms with Crippen LogP contribution in [0.15, 0.2) is 52.4 Å². The summed E-state index contributed by atoms with van der Waals surface area (Å²) in [7, 11) is 0. The Balaban J connectivity index is 1.69. The molecule has 7 heteroatoms. The molecule has 3 aromatic rings. The molecule has 33 heavy (non-hydrogen) atoms. The van der Waals surface area contributed by atoms with Gasteiger partial charge in [0.25, 0.3) is 11.5 Å². The Hall–Kier alpha value is -2.64. The van der Waals surface area contributed by atoms with E-state index in [1.54, 1.807) is 34.5 Å². The van der Waals surface area contributed by atoms with E-state index in [-0.39, 0.29) is 17.6 Å². The van der Waals surface area contributed by atoms with Crippen LogP contribution in [0.25, 0.3) is 10.9 Å². The summed E-state index contributed by atoms with van der Waals surface area (Å²) >= 11 is 1.55. The number of benzene rings is 2. The molecular weight excluding hydrogens is 434 g/mol. The monoisotopic (exact) mass is 465 g/mol. The van der Waals surface area contributed by atoms with Crippen LogP contribution in [0.3, 0.4) is 0 Å². The lowest BCUT2D eigenvalue weighted by molar-refractivity contribution is 0.0937. The van der Waals surface area contributed by atoms with Crippen LogP contribution >= 0.6 is 11.8 Å². The van der Waals surface area contributed by atoms with Crippen LogP contribution in [0.1, 0.15) is 48.2 Å². The highest BCUT2D eigenvalue weighted by Gasteiger charge is 2.21. The number of fused-ring (bicyclic) bond motifs is 1. The number of hydrogen-bond acceptors (Lipinski definition) is 5. The first-order valence-corrected chi connectivity index (χ1v) is 12.5. The normalized spacial score (nSPS) is 15.9. The molecule has 0 saturated carbocycles. The lowest BCUT2D eigenvalue weighted by Crippen LogP contribution is -2.29. The van der Waals surface area contributed by atoms with Gasteiger partial charge < -0.3 is 10.1 Å². The van der Waals surface area contributed by atoms with Gasteiger partial charge in [0, 0.05) is 24.5 Å². The number of thioether (sulfide) groups is 1. The highest BCUT2D eigenvalue weighted by Crippen LogP contribution is 2.25. The van der Waals surface area contributed by atoms with Gasteiger partial charge in [-0.25, -0.2) is 4.98 Å². The van der Waals surface area contributed by atoms with E-state index in [1.165, 1.54) is 11.1 Å². The van der Waals surface area contributed by atoms with Gasteiger partial charge in [-0.05, 0) is 55.0 Å². The predicted molar refractivity (Wildman–Crippen MR) is 133 cm³/mol. The second kappa shape index (κ2) is 10.5. The van der Waals surface area contributed by atoms with E-state index >= 15 is 0 Å². The van der Waals surface area contributed by atoms with Crippen molar-refractivity contribution in [3.63, 3.8) is 0 Å². The minimum Gasteiger partial charge on any atom is -0.376 e. The molecule has 174 valence electrons. The van der Waals surface area contributed by atoms with E-state index in [2.05, 4.69) is 38.2 Å². The first-order chi connectivity index (χ1) is 15.9. The van der Waals surface area contributed by atoms with Crippen molar-refractivity contribution in [1.82, 2.24) is 14.9 Å². The van der Waals surface area contributed by atoms with Crippen LogP contribution in [-0.2, 0) is 17.0 Å². The van der Waals surface area contributed by atoms with Crippen molar-refractivity contribution in [2.75, 3.05) is 13.2 Å². The van der Waals surface area contributed by atoms with E-state index in [0.29, 0.717) is 46.4 Å². The molecule has 0 aliphatic carbocycles. The highest BCUT2D eigenvalue weighted by molar-refractivity contribution is 7.98. The first kappa shape index (κ1) is 23.5. The Labute approximate surface area is 198 Å². The van der Waals surface area contributed by atoms with Gasteiger partial charge in [-0.3, -0.25) is 14.2 Å². The molecule has 2 heterocycles. The molecule has 2 aromatic carbocycles. The third kappa shape index (κ3) is 5.65. The van der Waals surface area contributed by atoms with Crippen LogP contribution in [0.4, 0.5) is 0 Å². The van der Waals surface area contributed by atoms with Crippen molar-refractivity contribution >= 4 is 28.6 Å². The number of hydrogen-bond donors (Lipinski definition) is 1. The number of amides is 1. The molecule has 0 spiro atoms. The van der Waals surface area contributed by atoms with E-state index < -0.39 is 0 Å². The fourth-order valence-electron chi connectivity index (χ4n) is 3.92. The largest absolute Gasteiger partial charge is 0.376 e. The SMILES string of the molecule is Cc1ccccc1CSc1nc2cc(C(=O)NCC(C)C)ccc2c(=O)n1C[C@@H]1CCCO1. The average molecular weight is 466 g/mol. The molecule has 1 atom stereocenters. The molecule has 0 radical (unpaired) electrons. The Kier molecular flexibility index (Phi) is 7.50. The molecule has 1 amide bonds. The van der Waals surface area contributed by atoms with Crippen LogP contribution in [0.2, 0.25) is 0 Å². The summed E-state index contributed by atoms with van der Waals surface area (Å²) in [6.45, 7) is 8.03. The van der Waals surface area contributed by atoms with Crippen molar-refractivity contribution in [2.45, 2.75) is 57.2 Å². The topological polar surface area (TPSA) is 73.2 Å². The molecule has 1 aliphatic heterocycles. The lowest BCUT2D eigenvalue weighted by atomic mass is 10.1. The molecule has 1 fully saturated rings. The number of aromatic nitrogens is 2. The smallest absolute Gasteiger partial charge is 0.262 e. The van der Waals surface area contributed by atoms with Crippen molar-refractivity contribution in [3.05, 3.63) is 69.5 Å². The van der Waals surface area contributed by atoms with Crippen LogP contribution < -0.4 is 10.9 Å². The molecule has 6 nitrogen and oxygen atoms in total. The van der Waals surface area contributed by atoms with Gasteiger partial charge in [-0.15, -0.1) is 0 Å². The molecule has 0 unspecified atom stereocenters. The zero-order chi connectivity index (χ0) is 23.4. The standard InChI is InChI=1S/C26H31N3O3S/c1-17(2)14-27-24(30)19-10-11-22-23(13-19)28-26(33-16-20-8-5-4-7-18(20)3)29(25(22)31)15-21-9-6-12-32-21/h4-5,7-8,10-11,13,17,21H,6,9,12,14-16H2,1-3H3,(H,27,30)/t21-/m0/s1. The first-order valence-electron chi connectivity index (χ1n) is 11.5. The summed E-state index contributed by atoms with van der Waals surface area (Å²) in [4.78, 5) is 30.9. The van der Waals surface area contributed by atoms with Gasteiger partial charge in [-0.1, -0.05) is 49.9 Å². The number of nitrogens with zero attached hydrogens (tertiary/aromatic N) is 2. The summed E-state index contributed by atoms with van der Waals surface area (Å²) in [6, 6.07) is 13.4. The third-order valence-electron chi connectivity index (χ3n) is 5.88. The molecule has 4 rings (SSSR count). The van der Waals surface area contributed by atoms with Crippen molar-refractivity contribution in [2.24, 2.45) is 5.92 Å². The predicted octanol–water partition coefficient (Wildman–Crippen LogP) is 4.56. The number of carbonyl (C=O) groups excluding carboxylic acids is 1. The van der Waals surface area contributed by atoms with Gasteiger partial charge >= 0.3 is 0 Å². The van der Waals surface area contributed by atoms with Gasteiger partial charge in [0.2, 0.25) is 0 Å². The van der Waals surface area contributed by atoms with Crippen molar-refractivity contribution < 1.29 is 9.53 Å². The van der Waals surface area contributed by atoms with Crippen molar-refractivity contribution in [1.29, 1.82) is 0 Å². The number of rotatable bonds is 8. The molecule has 1 aromatic heterocycles. The summed E-state index contributed by atoms with van der Waals surface area (Å²) in [5, 5.41) is 4.11. The highest BCUT2D eigenvalue weighted by atomic mass is 32.2. The van der Waals surface area contributed by atoms with Crippen molar-refractivity contribution in [3.8, 4) is 0 Å². The Morgan fingerprint density at radius 1 is 1.27 bits per heavy atom. The third-order valence-corrected chi connectivity index (χ3v) is 6.91. The van der Waals surface area contributed by atoms with Crippen LogP contribution in [-0.4, -0.2) is 34.7 Å². The second-order valence-electron chi connectivity index (χ2n) is 9.00. The summed E-state index contributed by atoms with van der Waals surface area (Å²) in [6.07, 6.45) is 1.99. The molecule has 1 N–H and O–H groups in total. The zero-order valence-corrected chi connectivity index (χ0v) is 20.3. The van der Waals surface area contributed by atoms with E-state index in [0.717, 1.165) is 19.4 Å². The quantitative estimate of drug-likeness (QED) is 0.390. The lowest BCUT2D eigenvalue weighted by Gasteiger charge is -2.17. The molecule has 0 bridgehead atoms. The van der Waals surface area contributed by atoms with Gasteiger partial charge in [0.15, 0.2) is 5.16 Å². The zero-order valence-electron chi connectivity index (χ0n) is 19.5. The Bertz CT molecular complexity index is 1200. The van der Waals surface area contributed by atoms with E-state index in [9.17, 15) is 9.59 Å². The summed E-state index contributed by atoms with van der Waals surface area (Å²) in [5.41, 5.74) is 3.40. The minimum absolute atomic E-state index is 0.0286. The van der Waals surface area contributed by atoms with E-state index in [4.69, 9.17) is 9.72 Å². The Morgan fingerprint density at radius 2 is 2.09 bits per heavy atom. The molecule has 1 saturated heterocycles.